The van der Waals surface area contributed by atoms with Crippen LogP contribution in [0.5, 0.6) is 0 Å². The molecule has 194 valence electrons. The van der Waals surface area contributed by atoms with E-state index in [9.17, 15) is 39.3 Å². The van der Waals surface area contributed by atoms with Crippen molar-refractivity contribution >= 4 is 29.7 Å². The van der Waals surface area contributed by atoms with Crippen molar-refractivity contribution in [1.82, 2.24) is 10.2 Å². The number of nitrogens with zero attached hydrogens (tertiary/aromatic N) is 1. The fourth-order valence-corrected chi connectivity index (χ4v) is 3.36. The summed E-state index contributed by atoms with van der Waals surface area (Å²) in [5.41, 5.74) is 11.3. The Labute approximate surface area is 224 Å². The zero-order chi connectivity index (χ0) is 27.0. The van der Waals surface area contributed by atoms with Crippen molar-refractivity contribution in [1.29, 1.82) is 0 Å². The number of carboxylic acids is 2. The van der Waals surface area contributed by atoms with Crippen molar-refractivity contribution in [3.8, 4) is 0 Å². The molecule has 1 aliphatic heterocycles. The van der Waals surface area contributed by atoms with E-state index < -0.39 is 98.4 Å². The fraction of sp³-hybridized carbons (Fsp3) is 0.737. The number of nitrogens with two attached hydrogens (primary N) is 2. The van der Waals surface area contributed by atoms with Crippen LogP contribution in [0.25, 0.3) is 0 Å². The first kappa shape index (κ1) is 31.2. The standard InChI is InChI=1S/C19H32N4O11.Na/c1-7(17(30)22-10(16(21)29)4-5-12(26)27)23(9(3)25)18-13(20)15(33-8(2)19(31)32)14(28)11(6-24)34-18;/h7-8,10-11,13-15,18,24,28H,4-6,20H2,1-3H3,(H2,21,29)(H,22,30)(H,26,27)(H,31,32);/q;+1/p-1/t7-,8+,10+,11+,13+,14+,15+,18?;/m0./s1/i3D;. The molecule has 0 spiro atoms. The minimum atomic E-state index is -1.60. The van der Waals surface area contributed by atoms with Gasteiger partial charge in [0.05, 0.1) is 12.6 Å². The molecule has 0 aromatic carbocycles. The summed E-state index contributed by atoms with van der Waals surface area (Å²) in [7, 11) is 0. The van der Waals surface area contributed by atoms with Gasteiger partial charge in [0, 0.05) is 14.2 Å². The van der Waals surface area contributed by atoms with E-state index in [0.29, 0.717) is 0 Å². The molecule has 1 aliphatic rings. The average Bonchev–Trinajstić information content (AvgIpc) is 2.79. The Bertz CT molecular complexity index is 807. The molecule has 1 heterocycles. The van der Waals surface area contributed by atoms with Crippen LogP contribution in [-0.4, -0.2) is 105 Å². The Morgan fingerprint density at radius 1 is 1.29 bits per heavy atom. The Hall–Kier alpha value is -1.85. The predicted molar refractivity (Wildman–Crippen MR) is 109 cm³/mol. The number of ether oxygens (including phenoxy) is 2. The maximum atomic E-state index is 12.8. The molecule has 1 fully saturated rings. The number of aliphatic hydroxyl groups is 2. The zero-order valence-electron chi connectivity index (χ0n) is 20.7. The molecule has 35 heavy (non-hydrogen) atoms. The minimum Gasteiger partial charge on any atom is -0.550 e. The minimum absolute atomic E-state index is 0. The number of hydrogen-bond donors (Lipinski definition) is 6. The van der Waals surface area contributed by atoms with Crippen molar-refractivity contribution in [2.45, 2.75) is 82.4 Å². The summed E-state index contributed by atoms with van der Waals surface area (Å²) in [5, 5.41) is 42.1. The Morgan fingerprint density at radius 2 is 1.89 bits per heavy atom. The molecule has 3 amide bonds. The van der Waals surface area contributed by atoms with Gasteiger partial charge >= 0.3 is 35.5 Å². The van der Waals surface area contributed by atoms with Crippen LogP contribution in [0, 0.1) is 0 Å². The summed E-state index contributed by atoms with van der Waals surface area (Å²) < 4.78 is 18.3. The van der Waals surface area contributed by atoms with E-state index in [4.69, 9.17) is 27.4 Å². The SMILES string of the molecule is [2H]CC(=O)N(C1O[C@H](CO)[C@@H](O)[C@H](O[C@H](C)C(=O)O)[C@H]1N)[C@@H](C)C(=O)N[C@H](CCC(=O)[O-])C(N)=O.[Na+]. The summed E-state index contributed by atoms with van der Waals surface area (Å²) in [5.74, 6) is -5.87. The largest absolute Gasteiger partial charge is 1.00 e. The van der Waals surface area contributed by atoms with Crippen LogP contribution in [0.4, 0.5) is 0 Å². The van der Waals surface area contributed by atoms with Gasteiger partial charge in [-0.15, -0.1) is 0 Å². The van der Waals surface area contributed by atoms with Gasteiger partial charge in [-0.2, -0.15) is 0 Å². The van der Waals surface area contributed by atoms with Gasteiger partial charge in [-0.25, -0.2) is 4.79 Å². The fourth-order valence-electron chi connectivity index (χ4n) is 3.36. The van der Waals surface area contributed by atoms with E-state index in [0.717, 1.165) is 4.90 Å². The topological polar surface area (TPSA) is 255 Å². The third kappa shape index (κ3) is 8.95. The van der Waals surface area contributed by atoms with Gasteiger partial charge in [0.15, 0.2) is 12.3 Å². The van der Waals surface area contributed by atoms with Gasteiger partial charge in [0.1, 0.15) is 30.4 Å². The summed E-state index contributed by atoms with van der Waals surface area (Å²) in [6.45, 7) is 0.698. The Balaban J connectivity index is 0.0000122. The van der Waals surface area contributed by atoms with E-state index >= 15 is 0 Å². The van der Waals surface area contributed by atoms with E-state index in [1.165, 1.54) is 13.8 Å². The molecule has 0 aromatic heterocycles. The first-order valence-electron chi connectivity index (χ1n) is 11.0. The van der Waals surface area contributed by atoms with E-state index in [1.807, 2.05) is 0 Å². The normalized spacial score (nSPS) is 26.8. The summed E-state index contributed by atoms with van der Waals surface area (Å²) in [6.07, 6.45) is -8.46. The van der Waals surface area contributed by atoms with Gasteiger partial charge in [-0.1, -0.05) is 0 Å². The van der Waals surface area contributed by atoms with Gasteiger partial charge in [0.2, 0.25) is 17.7 Å². The van der Waals surface area contributed by atoms with Crippen LogP contribution in [0.2, 0.25) is 0 Å². The third-order valence-electron chi connectivity index (χ3n) is 5.29. The third-order valence-corrected chi connectivity index (χ3v) is 5.29. The second kappa shape index (κ2) is 14.6. The predicted octanol–water partition coefficient (Wildman–Crippen LogP) is -8.01. The number of carboxylic acid groups (broad SMARTS) is 2. The molecule has 15 nitrogen and oxygen atoms in total. The molecule has 8 N–H and O–H groups in total. The Kier molecular flexibility index (Phi) is 13.0. The van der Waals surface area contributed by atoms with E-state index in [1.54, 1.807) is 0 Å². The van der Waals surface area contributed by atoms with Crippen LogP contribution < -0.4 is 51.4 Å². The number of carbonyl (C=O) groups is 5. The van der Waals surface area contributed by atoms with Gasteiger partial charge in [-0.3, -0.25) is 14.4 Å². The van der Waals surface area contributed by atoms with Crippen LogP contribution in [0.15, 0.2) is 0 Å². The second-order valence-corrected chi connectivity index (χ2v) is 7.75. The molecule has 0 saturated carbocycles. The van der Waals surface area contributed by atoms with Crippen LogP contribution in [0.3, 0.4) is 0 Å². The first-order chi connectivity index (χ1) is 16.3. The van der Waals surface area contributed by atoms with Crippen LogP contribution in [-0.2, 0) is 33.4 Å². The maximum Gasteiger partial charge on any atom is 1.00 e. The zero-order valence-corrected chi connectivity index (χ0v) is 21.7. The first-order valence-corrected chi connectivity index (χ1v) is 10.2. The molecule has 1 saturated heterocycles. The number of nitrogens with one attached hydrogen (secondary N) is 1. The molecular weight excluding hydrogens is 483 g/mol. The van der Waals surface area contributed by atoms with Gasteiger partial charge < -0.3 is 56.4 Å². The molecular formula is C19H31N4NaO11. The Morgan fingerprint density at radius 3 is 2.34 bits per heavy atom. The summed E-state index contributed by atoms with van der Waals surface area (Å²) in [4.78, 5) is 59.7. The maximum absolute atomic E-state index is 12.8. The van der Waals surface area contributed by atoms with Crippen LogP contribution in [0.1, 0.15) is 35.0 Å². The molecule has 0 aromatic rings. The number of hydrogen-bond acceptors (Lipinski definition) is 11. The number of carbonyl (C=O) groups excluding carboxylic acids is 4. The van der Waals surface area contributed by atoms with Crippen molar-refractivity contribution in [2.24, 2.45) is 11.5 Å². The summed E-state index contributed by atoms with van der Waals surface area (Å²) >= 11 is 0. The number of primary amides is 1. The molecule has 0 aliphatic carbocycles. The molecule has 1 rings (SSSR count). The molecule has 1 unspecified atom stereocenters. The van der Waals surface area contributed by atoms with Gasteiger partial charge in [-0.05, 0) is 26.7 Å². The number of aliphatic carboxylic acids is 2. The van der Waals surface area contributed by atoms with Crippen molar-refractivity contribution < 1.29 is 84.8 Å². The van der Waals surface area contributed by atoms with E-state index in [-0.39, 0.29) is 36.0 Å². The molecule has 0 bridgehead atoms. The monoisotopic (exact) mass is 515 g/mol. The van der Waals surface area contributed by atoms with Crippen molar-refractivity contribution in [3.05, 3.63) is 0 Å². The molecule has 0 radical (unpaired) electrons. The van der Waals surface area contributed by atoms with Crippen molar-refractivity contribution in [3.63, 3.8) is 0 Å². The van der Waals surface area contributed by atoms with Crippen LogP contribution >= 0.6 is 0 Å². The van der Waals surface area contributed by atoms with Crippen molar-refractivity contribution in [2.75, 3.05) is 6.61 Å². The summed E-state index contributed by atoms with van der Waals surface area (Å²) in [6, 6.07) is -4.33. The van der Waals surface area contributed by atoms with E-state index in [2.05, 4.69) is 5.32 Å². The molecule has 8 atom stereocenters. The number of amides is 3. The number of aliphatic hydroxyl groups excluding tert-OH is 2. The molecule has 16 heteroatoms. The average molecular weight is 515 g/mol. The smallest absolute Gasteiger partial charge is 0.550 e. The van der Waals surface area contributed by atoms with Gasteiger partial charge in [0.25, 0.3) is 0 Å². The quantitative estimate of drug-likeness (QED) is 0.132. The second-order valence-electron chi connectivity index (χ2n) is 7.75. The number of rotatable bonds is 12.